The highest BCUT2D eigenvalue weighted by molar-refractivity contribution is 14.1. The molecule has 1 radical (unpaired) electrons. The van der Waals surface area contributed by atoms with Gasteiger partial charge in [0.1, 0.15) is 0 Å². The molecule has 15 heavy (non-hydrogen) atoms. The fourth-order valence-electron chi connectivity index (χ4n) is 1.04. The summed E-state index contributed by atoms with van der Waals surface area (Å²) in [6.45, 7) is 3.89. The number of thioether (sulfide) groups is 1. The molecule has 0 N–H and O–H groups in total. The number of thiazole rings is 1. The summed E-state index contributed by atoms with van der Waals surface area (Å²) in [6, 6.07) is 8.11. The average Bonchev–Trinajstić information content (AvgIpc) is 2.59. The number of nitrogens with zero attached hydrogens (tertiary/aromatic N) is 1. The van der Waals surface area contributed by atoms with E-state index in [1.54, 1.807) is 23.1 Å². The molecular weight excluding hydrogens is 357 g/mol. The molecule has 0 saturated heterocycles. The number of hydrogen-bond acceptors (Lipinski definition) is 4. The van der Waals surface area contributed by atoms with Crippen LogP contribution in [-0.4, -0.2) is 13.1 Å². The minimum atomic E-state index is 0.148. The predicted molar refractivity (Wildman–Crippen MR) is 81.2 cm³/mol. The minimum Gasteiger partial charge on any atom is -0.229 e. The first-order valence-electron chi connectivity index (χ1n) is 4.21. The van der Waals surface area contributed by atoms with Gasteiger partial charge in [-0.1, -0.05) is 58.7 Å². The molecule has 0 amide bonds. The van der Waals surface area contributed by atoms with Gasteiger partial charge in [-0.25, -0.2) is 4.98 Å². The molecule has 0 aliphatic heterocycles. The number of alkyl halides is 1. The molecule has 0 bridgehead atoms. The zero-order valence-electron chi connectivity index (χ0n) is 7.64. The quantitative estimate of drug-likeness (QED) is 0.340. The highest BCUT2D eigenvalue weighted by Gasteiger charge is 2.10. The van der Waals surface area contributed by atoms with Gasteiger partial charge in [-0.3, -0.25) is 0 Å². The lowest BCUT2D eigenvalue weighted by molar-refractivity contribution is 1.31. The van der Waals surface area contributed by atoms with E-state index in [2.05, 4.69) is 40.6 Å². The fraction of sp³-hybridized carbons (Fsp3) is 0.100. The number of aromatic nitrogens is 1. The van der Waals surface area contributed by atoms with Gasteiger partial charge in [-0.15, -0.1) is 11.3 Å². The van der Waals surface area contributed by atoms with Gasteiger partial charge in [0, 0.05) is 0 Å². The molecule has 77 valence electrons. The summed E-state index contributed by atoms with van der Waals surface area (Å²) in [5.41, 5.74) is 1.04. The molecule has 1 nitrogen and oxygen atoms in total. The van der Waals surface area contributed by atoms with Gasteiger partial charge in [0.25, 0.3) is 0 Å². The molecular formula is C10H7INS3. The Morgan fingerprint density at radius 3 is 2.93 bits per heavy atom. The van der Waals surface area contributed by atoms with Crippen LogP contribution in [0, 0.1) is 6.92 Å². The molecule has 1 heterocycles. The highest BCUT2D eigenvalue weighted by atomic mass is 127. The Balaban J connectivity index is 2.26. The summed E-state index contributed by atoms with van der Waals surface area (Å²) in [5, 5.41) is 0. The van der Waals surface area contributed by atoms with E-state index in [1.165, 1.54) is 4.70 Å². The van der Waals surface area contributed by atoms with Gasteiger partial charge >= 0.3 is 0 Å². The van der Waals surface area contributed by atoms with Crippen molar-refractivity contribution in [3.63, 3.8) is 0 Å². The zero-order valence-corrected chi connectivity index (χ0v) is 12.3. The van der Waals surface area contributed by atoms with Gasteiger partial charge < -0.3 is 0 Å². The minimum absolute atomic E-state index is 0.148. The van der Waals surface area contributed by atoms with Crippen molar-refractivity contribution in [2.24, 2.45) is 0 Å². The van der Waals surface area contributed by atoms with E-state index < -0.39 is 0 Å². The maximum Gasteiger partial charge on any atom is 0.156 e. The SMILES string of the molecule is [CH2]C(I)C(=S)Sc1nc2ccccc2s1. The Morgan fingerprint density at radius 2 is 2.27 bits per heavy atom. The predicted octanol–water partition coefficient (Wildman–Crippen LogP) is 4.35. The van der Waals surface area contributed by atoms with Crippen LogP contribution >= 0.6 is 57.9 Å². The van der Waals surface area contributed by atoms with Crippen LogP contribution in [0.2, 0.25) is 0 Å². The molecule has 1 aromatic heterocycles. The third-order valence-electron chi connectivity index (χ3n) is 1.72. The van der Waals surface area contributed by atoms with Gasteiger partial charge in [-0.05, 0) is 19.1 Å². The molecule has 0 fully saturated rings. The standard InChI is InChI=1S/C10H7INS3/c1-6(11)9(13)15-10-12-7-4-2-3-5-8(7)14-10/h2-6H,1H2. The van der Waals surface area contributed by atoms with Crippen LogP contribution in [0.25, 0.3) is 10.2 Å². The lowest BCUT2D eigenvalue weighted by Crippen LogP contribution is -2.00. The summed E-state index contributed by atoms with van der Waals surface area (Å²) in [5.74, 6) is 0. The van der Waals surface area contributed by atoms with Crippen LogP contribution in [0.4, 0.5) is 0 Å². The van der Waals surface area contributed by atoms with Crippen molar-refractivity contribution >= 4 is 72.3 Å². The first-order valence-corrected chi connectivity index (χ1v) is 7.50. The zero-order chi connectivity index (χ0) is 10.8. The summed E-state index contributed by atoms with van der Waals surface area (Å²) in [4.78, 5) is 4.50. The second-order valence-corrected chi connectivity index (χ2v) is 7.36. The van der Waals surface area contributed by atoms with E-state index in [-0.39, 0.29) is 3.92 Å². The Hall–Kier alpha value is 0.280. The number of hydrogen-bond donors (Lipinski definition) is 0. The maximum absolute atomic E-state index is 5.22. The number of rotatable bonds is 2. The number of halogens is 1. The van der Waals surface area contributed by atoms with Crippen molar-refractivity contribution in [1.82, 2.24) is 4.98 Å². The van der Waals surface area contributed by atoms with Crippen LogP contribution in [0.1, 0.15) is 0 Å². The molecule has 0 spiro atoms. The van der Waals surface area contributed by atoms with Crippen molar-refractivity contribution in [3.8, 4) is 0 Å². The van der Waals surface area contributed by atoms with Gasteiger partial charge in [0.2, 0.25) is 0 Å². The third kappa shape index (κ3) is 2.89. The highest BCUT2D eigenvalue weighted by Crippen LogP contribution is 2.31. The summed E-state index contributed by atoms with van der Waals surface area (Å²) in [6.07, 6.45) is 0. The van der Waals surface area contributed by atoms with Crippen molar-refractivity contribution in [3.05, 3.63) is 31.2 Å². The van der Waals surface area contributed by atoms with E-state index in [1.807, 2.05) is 18.2 Å². The first-order chi connectivity index (χ1) is 7.16. The van der Waals surface area contributed by atoms with Crippen molar-refractivity contribution in [2.45, 2.75) is 8.26 Å². The summed E-state index contributed by atoms with van der Waals surface area (Å²) >= 11 is 10.7. The van der Waals surface area contributed by atoms with E-state index in [0.29, 0.717) is 0 Å². The third-order valence-corrected chi connectivity index (χ3v) is 5.80. The average molecular weight is 364 g/mol. The van der Waals surface area contributed by atoms with E-state index in [0.717, 1.165) is 14.1 Å². The normalized spacial score (nSPS) is 12.9. The maximum atomic E-state index is 5.22. The molecule has 0 aliphatic carbocycles. The van der Waals surface area contributed by atoms with Gasteiger partial charge in [0.05, 0.1) is 18.3 Å². The van der Waals surface area contributed by atoms with Gasteiger partial charge in [-0.2, -0.15) is 0 Å². The molecule has 1 unspecified atom stereocenters. The van der Waals surface area contributed by atoms with Crippen LogP contribution < -0.4 is 0 Å². The Kier molecular flexibility index (Phi) is 3.98. The van der Waals surface area contributed by atoms with Crippen LogP contribution in [0.15, 0.2) is 28.6 Å². The van der Waals surface area contributed by atoms with Crippen LogP contribution in [-0.2, 0) is 0 Å². The topological polar surface area (TPSA) is 12.9 Å². The number of fused-ring (bicyclic) bond motifs is 1. The lowest BCUT2D eigenvalue weighted by atomic mass is 10.3. The fourth-order valence-corrected chi connectivity index (χ4v) is 3.67. The Morgan fingerprint density at radius 1 is 1.53 bits per heavy atom. The first kappa shape index (κ1) is 11.8. The molecule has 0 saturated carbocycles. The molecule has 1 aromatic carbocycles. The lowest BCUT2D eigenvalue weighted by Gasteiger charge is -2.00. The molecule has 5 heteroatoms. The molecule has 2 aromatic rings. The number of benzene rings is 1. The second kappa shape index (κ2) is 5.07. The Bertz CT molecular complexity index is 459. The largest absolute Gasteiger partial charge is 0.229 e. The number of para-hydroxylation sites is 1. The van der Waals surface area contributed by atoms with E-state index >= 15 is 0 Å². The van der Waals surface area contributed by atoms with Crippen molar-refractivity contribution in [1.29, 1.82) is 0 Å². The van der Waals surface area contributed by atoms with Crippen LogP contribution in [0.3, 0.4) is 0 Å². The molecule has 2 rings (SSSR count). The summed E-state index contributed by atoms with van der Waals surface area (Å²) in [7, 11) is 0. The van der Waals surface area contributed by atoms with Crippen LogP contribution in [0.5, 0.6) is 0 Å². The Labute approximate surface area is 116 Å². The molecule has 0 aliphatic rings. The number of thiocarbonyl (C=S) groups is 1. The summed E-state index contributed by atoms with van der Waals surface area (Å²) < 4.78 is 3.24. The molecule has 1 atom stereocenters. The van der Waals surface area contributed by atoms with Crippen molar-refractivity contribution in [2.75, 3.05) is 0 Å². The van der Waals surface area contributed by atoms with Crippen molar-refractivity contribution < 1.29 is 0 Å². The van der Waals surface area contributed by atoms with Gasteiger partial charge in [0.15, 0.2) is 4.34 Å². The smallest absolute Gasteiger partial charge is 0.156 e. The second-order valence-electron chi connectivity index (χ2n) is 2.84. The van der Waals surface area contributed by atoms with E-state index in [9.17, 15) is 0 Å². The monoisotopic (exact) mass is 364 g/mol. The van der Waals surface area contributed by atoms with E-state index in [4.69, 9.17) is 12.2 Å².